The Balaban J connectivity index is 1.45. The number of aromatic nitrogens is 2. The number of nitrogens with zero attached hydrogens (tertiary/aromatic N) is 2. The molecule has 1 aromatic carbocycles. The molecule has 2 aliphatic rings. The molecule has 2 N–H and O–H groups in total. The van der Waals surface area contributed by atoms with E-state index in [9.17, 15) is 4.79 Å². The normalized spacial score (nSPS) is 20.1. The second kappa shape index (κ2) is 5.81. The minimum atomic E-state index is 0.0699. The molecule has 0 unspecified atom stereocenters. The van der Waals surface area contributed by atoms with Crippen molar-refractivity contribution in [3.05, 3.63) is 42.1 Å². The van der Waals surface area contributed by atoms with Gasteiger partial charge in [-0.3, -0.25) is 9.89 Å². The van der Waals surface area contributed by atoms with E-state index in [1.165, 1.54) is 6.42 Å². The van der Waals surface area contributed by atoms with E-state index in [0.29, 0.717) is 11.1 Å². The van der Waals surface area contributed by atoms with E-state index >= 15 is 0 Å². The van der Waals surface area contributed by atoms with Gasteiger partial charge in [0, 0.05) is 25.2 Å². The summed E-state index contributed by atoms with van der Waals surface area (Å²) in [6.07, 6.45) is 3.45. The molecule has 0 saturated carbocycles. The average molecular weight is 310 g/mol. The molecule has 5 nitrogen and oxygen atoms in total. The fourth-order valence-corrected chi connectivity index (χ4v) is 3.76. The lowest BCUT2D eigenvalue weighted by Gasteiger charge is -2.38. The molecule has 3 heterocycles. The minimum Gasteiger partial charge on any atom is -0.337 e. The van der Waals surface area contributed by atoms with Gasteiger partial charge in [0.25, 0.3) is 5.91 Å². The second-order valence-electron chi connectivity index (χ2n) is 6.75. The lowest BCUT2D eigenvalue weighted by molar-refractivity contribution is 0.0602. The van der Waals surface area contributed by atoms with E-state index < -0.39 is 0 Å². The molecule has 120 valence electrons. The van der Waals surface area contributed by atoms with Gasteiger partial charge in [0.1, 0.15) is 5.69 Å². The van der Waals surface area contributed by atoms with Crippen molar-refractivity contribution < 1.29 is 4.79 Å². The quantitative estimate of drug-likeness (QED) is 0.894. The lowest BCUT2D eigenvalue weighted by Crippen LogP contribution is -2.44. The summed E-state index contributed by atoms with van der Waals surface area (Å²) in [7, 11) is 0. The Bertz CT molecular complexity index is 678. The Hall–Kier alpha value is -2.14. The number of likely N-dealkylation sites (tertiary alicyclic amines) is 1. The molecule has 0 bridgehead atoms. The Kier molecular flexibility index (Phi) is 3.65. The van der Waals surface area contributed by atoms with Crippen molar-refractivity contribution in [2.24, 2.45) is 5.41 Å². The highest BCUT2D eigenvalue weighted by Crippen LogP contribution is 2.37. The van der Waals surface area contributed by atoms with E-state index in [1.54, 1.807) is 0 Å². The molecule has 2 fully saturated rings. The number of piperidine rings is 1. The molecule has 1 spiro atoms. The van der Waals surface area contributed by atoms with E-state index in [2.05, 4.69) is 15.5 Å². The van der Waals surface area contributed by atoms with Crippen LogP contribution in [0.4, 0.5) is 0 Å². The number of hydrogen-bond acceptors (Lipinski definition) is 3. The summed E-state index contributed by atoms with van der Waals surface area (Å²) in [5, 5.41) is 10.7. The Morgan fingerprint density at radius 1 is 1.13 bits per heavy atom. The molecule has 2 saturated heterocycles. The SMILES string of the molecule is O=C(c1cc(-c2ccccc2)n[nH]1)N1CCC2(CCNC2)CC1. The number of carbonyl (C=O) groups excluding carboxylic acids is 1. The fraction of sp³-hybridized carbons (Fsp3) is 0.444. The zero-order valence-electron chi connectivity index (χ0n) is 13.2. The summed E-state index contributed by atoms with van der Waals surface area (Å²) < 4.78 is 0. The lowest BCUT2D eigenvalue weighted by atomic mass is 9.78. The molecular formula is C18H22N4O. The van der Waals surface area contributed by atoms with Crippen LogP contribution in [-0.2, 0) is 0 Å². The zero-order chi connectivity index (χ0) is 15.7. The van der Waals surface area contributed by atoms with Gasteiger partial charge in [0.15, 0.2) is 0 Å². The highest BCUT2D eigenvalue weighted by atomic mass is 16.2. The maximum atomic E-state index is 12.7. The molecule has 23 heavy (non-hydrogen) atoms. The van der Waals surface area contributed by atoms with Gasteiger partial charge in [0.2, 0.25) is 0 Å². The number of amides is 1. The fourth-order valence-electron chi connectivity index (χ4n) is 3.76. The molecular weight excluding hydrogens is 288 g/mol. The van der Waals surface area contributed by atoms with Crippen LogP contribution in [0, 0.1) is 5.41 Å². The standard InChI is InChI=1S/C18H22N4O/c23-17(22-10-7-18(8-11-22)6-9-19-13-18)16-12-15(20-21-16)14-4-2-1-3-5-14/h1-5,12,19H,6-11,13H2,(H,20,21). The molecule has 2 aliphatic heterocycles. The van der Waals surface area contributed by atoms with Gasteiger partial charge in [-0.25, -0.2) is 0 Å². The second-order valence-corrected chi connectivity index (χ2v) is 6.75. The Morgan fingerprint density at radius 2 is 1.91 bits per heavy atom. The van der Waals surface area contributed by atoms with Gasteiger partial charge in [-0.15, -0.1) is 0 Å². The van der Waals surface area contributed by atoms with Gasteiger partial charge in [-0.1, -0.05) is 30.3 Å². The molecule has 5 heteroatoms. The van der Waals surface area contributed by atoms with Crippen LogP contribution in [0.2, 0.25) is 0 Å². The van der Waals surface area contributed by atoms with E-state index in [-0.39, 0.29) is 5.91 Å². The first-order valence-electron chi connectivity index (χ1n) is 8.37. The van der Waals surface area contributed by atoms with Crippen LogP contribution in [0.5, 0.6) is 0 Å². The number of carbonyl (C=O) groups is 1. The Morgan fingerprint density at radius 3 is 2.61 bits per heavy atom. The third-order valence-electron chi connectivity index (χ3n) is 5.32. The maximum absolute atomic E-state index is 12.7. The molecule has 0 aliphatic carbocycles. The number of H-pyrrole nitrogens is 1. The third kappa shape index (κ3) is 2.77. The summed E-state index contributed by atoms with van der Waals surface area (Å²) in [6.45, 7) is 3.92. The van der Waals surface area contributed by atoms with Crippen LogP contribution in [0.15, 0.2) is 36.4 Å². The molecule has 1 amide bonds. The summed E-state index contributed by atoms with van der Waals surface area (Å²) in [5.74, 6) is 0.0699. The van der Waals surface area contributed by atoms with E-state index in [0.717, 1.165) is 50.3 Å². The first-order chi connectivity index (χ1) is 11.3. The van der Waals surface area contributed by atoms with Gasteiger partial charge in [-0.05, 0) is 37.3 Å². The summed E-state index contributed by atoms with van der Waals surface area (Å²) >= 11 is 0. The van der Waals surface area contributed by atoms with E-state index in [4.69, 9.17) is 0 Å². The average Bonchev–Trinajstić information content (AvgIpc) is 3.26. The van der Waals surface area contributed by atoms with Crippen molar-refractivity contribution in [1.82, 2.24) is 20.4 Å². The first kappa shape index (κ1) is 14.5. The Labute approximate surface area is 136 Å². The molecule has 4 rings (SSSR count). The molecule has 0 atom stereocenters. The van der Waals surface area contributed by atoms with E-state index in [1.807, 2.05) is 41.3 Å². The monoisotopic (exact) mass is 310 g/mol. The smallest absolute Gasteiger partial charge is 0.271 e. The summed E-state index contributed by atoms with van der Waals surface area (Å²) in [4.78, 5) is 14.7. The van der Waals surface area contributed by atoms with Crippen molar-refractivity contribution in [1.29, 1.82) is 0 Å². The van der Waals surface area contributed by atoms with Crippen molar-refractivity contribution in [3.63, 3.8) is 0 Å². The summed E-state index contributed by atoms with van der Waals surface area (Å²) in [6, 6.07) is 11.8. The first-order valence-corrected chi connectivity index (χ1v) is 8.37. The van der Waals surface area contributed by atoms with Crippen molar-refractivity contribution in [2.75, 3.05) is 26.2 Å². The molecule has 2 aromatic rings. The predicted octanol–water partition coefficient (Wildman–Crippen LogP) is 2.29. The van der Waals surface area contributed by atoms with Gasteiger partial charge >= 0.3 is 0 Å². The van der Waals surface area contributed by atoms with Gasteiger partial charge < -0.3 is 10.2 Å². The topological polar surface area (TPSA) is 61.0 Å². The van der Waals surface area contributed by atoms with Crippen LogP contribution >= 0.6 is 0 Å². The number of rotatable bonds is 2. The number of nitrogens with one attached hydrogen (secondary N) is 2. The van der Waals surface area contributed by atoms with Crippen LogP contribution in [0.25, 0.3) is 11.3 Å². The van der Waals surface area contributed by atoms with Gasteiger partial charge in [0.05, 0.1) is 5.69 Å². The zero-order valence-corrected chi connectivity index (χ0v) is 13.2. The number of benzene rings is 1. The third-order valence-corrected chi connectivity index (χ3v) is 5.32. The van der Waals surface area contributed by atoms with Crippen LogP contribution in [0.3, 0.4) is 0 Å². The van der Waals surface area contributed by atoms with Crippen LogP contribution < -0.4 is 5.32 Å². The molecule has 0 radical (unpaired) electrons. The molecule has 1 aromatic heterocycles. The highest BCUT2D eigenvalue weighted by molar-refractivity contribution is 5.93. The van der Waals surface area contributed by atoms with Crippen LogP contribution in [-0.4, -0.2) is 47.2 Å². The summed E-state index contributed by atoms with van der Waals surface area (Å²) in [5.41, 5.74) is 2.86. The number of hydrogen-bond donors (Lipinski definition) is 2. The van der Waals surface area contributed by atoms with Crippen LogP contribution in [0.1, 0.15) is 29.8 Å². The largest absolute Gasteiger partial charge is 0.337 e. The maximum Gasteiger partial charge on any atom is 0.271 e. The number of aromatic amines is 1. The van der Waals surface area contributed by atoms with Crippen molar-refractivity contribution in [2.45, 2.75) is 19.3 Å². The minimum absolute atomic E-state index is 0.0699. The van der Waals surface area contributed by atoms with Crippen molar-refractivity contribution >= 4 is 5.91 Å². The highest BCUT2D eigenvalue weighted by Gasteiger charge is 2.38. The predicted molar refractivity (Wildman–Crippen MR) is 89.1 cm³/mol. The van der Waals surface area contributed by atoms with Crippen molar-refractivity contribution in [3.8, 4) is 11.3 Å². The van der Waals surface area contributed by atoms with Gasteiger partial charge in [-0.2, -0.15) is 5.10 Å².